The van der Waals surface area contributed by atoms with E-state index in [0.29, 0.717) is 6.54 Å². The van der Waals surface area contributed by atoms with Crippen molar-refractivity contribution in [2.45, 2.75) is 47.2 Å². The molecule has 0 aliphatic rings. The minimum atomic E-state index is -0.226. The maximum atomic E-state index is 12.3. The lowest BCUT2D eigenvalue weighted by molar-refractivity contribution is -0.120. The topological polar surface area (TPSA) is 64.1 Å². The van der Waals surface area contributed by atoms with Gasteiger partial charge in [-0.3, -0.25) is 4.79 Å². The van der Waals surface area contributed by atoms with Gasteiger partial charge in [0.05, 0.1) is 12.4 Å². The van der Waals surface area contributed by atoms with Gasteiger partial charge >= 0.3 is 0 Å². The molecule has 1 aromatic heterocycles. The summed E-state index contributed by atoms with van der Waals surface area (Å²) in [5, 5.41) is 11.1. The van der Waals surface area contributed by atoms with Gasteiger partial charge in [0, 0.05) is 17.9 Å². The lowest BCUT2D eigenvalue weighted by Crippen LogP contribution is -2.30. The van der Waals surface area contributed by atoms with Gasteiger partial charge in [-0.25, -0.2) is 0 Å². The van der Waals surface area contributed by atoms with E-state index in [-0.39, 0.29) is 11.2 Å². The first-order chi connectivity index (χ1) is 12.1. The van der Waals surface area contributed by atoms with Crippen LogP contribution in [0.5, 0.6) is 5.75 Å². The molecule has 1 unspecified atom stereocenters. The number of ether oxygens (including phenoxy) is 1. The van der Waals surface area contributed by atoms with Crippen LogP contribution in [0.25, 0.3) is 0 Å². The third kappa shape index (κ3) is 6.52. The number of carbonyl (C=O) groups excluding carboxylic acids is 1. The third-order valence-corrected chi connectivity index (χ3v) is 6.73. The molecule has 5 nitrogen and oxygen atoms in total. The molecule has 2 aromatic rings. The summed E-state index contributed by atoms with van der Waals surface area (Å²) >= 11 is 4.73. The summed E-state index contributed by atoms with van der Waals surface area (Å²) in [5.74, 6) is 1.82. The van der Waals surface area contributed by atoms with Gasteiger partial charge in [-0.2, -0.15) is 0 Å². The molecular weight excluding hydrogens is 374 g/mol. The minimum Gasteiger partial charge on any atom is -0.496 e. The van der Waals surface area contributed by atoms with Crippen molar-refractivity contribution in [1.82, 2.24) is 15.5 Å². The number of unbranched alkanes of at least 4 members (excludes halogenated alkanes) is 1. The summed E-state index contributed by atoms with van der Waals surface area (Å²) in [7, 11) is 1.63. The van der Waals surface area contributed by atoms with Crippen LogP contribution in [0, 0.1) is 0 Å². The van der Waals surface area contributed by atoms with Crippen LogP contribution in [-0.2, 0) is 11.3 Å². The number of carbonyl (C=O) groups is 1. The van der Waals surface area contributed by atoms with Crippen LogP contribution < -0.4 is 10.1 Å². The summed E-state index contributed by atoms with van der Waals surface area (Å²) in [6.07, 6.45) is 2.35. The number of nitrogens with zero attached hydrogens (tertiary/aromatic N) is 2. The van der Waals surface area contributed by atoms with E-state index < -0.39 is 0 Å². The molecule has 25 heavy (non-hydrogen) atoms. The standard InChI is InChI=1S/C17H23N3O2S3/c1-4-5-10-23-16-19-20-17(25-16)24-12(2)15(21)18-11-13-8-6-7-9-14(13)22-3/h6-9,12H,4-5,10-11H2,1-3H3,(H,18,21). The van der Waals surface area contributed by atoms with Crippen molar-refractivity contribution in [3.8, 4) is 5.75 Å². The van der Waals surface area contributed by atoms with Crippen molar-refractivity contribution in [2.24, 2.45) is 0 Å². The van der Waals surface area contributed by atoms with E-state index in [1.807, 2.05) is 31.2 Å². The number of aromatic nitrogens is 2. The zero-order valence-electron chi connectivity index (χ0n) is 14.7. The zero-order chi connectivity index (χ0) is 18.1. The second kappa shape index (κ2) is 10.7. The molecule has 0 radical (unpaired) electrons. The molecular formula is C17H23N3O2S3. The number of para-hydroxylation sites is 1. The van der Waals surface area contributed by atoms with E-state index in [1.165, 1.54) is 24.6 Å². The highest BCUT2D eigenvalue weighted by Crippen LogP contribution is 2.31. The molecule has 0 saturated heterocycles. The van der Waals surface area contributed by atoms with E-state index in [4.69, 9.17) is 4.74 Å². The van der Waals surface area contributed by atoms with E-state index >= 15 is 0 Å². The van der Waals surface area contributed by atoms with E-state index in [2.05, 4.69) is 22.4 Å². The molecule has 0 fully saturated rings. The second-order valence-corrected chi connectivity index (χ2v) is 9.23. The summed E-state index contributed by atoms with van der Waals surface area (Å²) in [5.41, 5.74) is 0.959. The molecule has 8 heteroatoms. The fraction of sp³-hybridized carbons (Fsp3) is 0.471. The van der Waals surface area contributed by atoms with Crippen molar-refractivity contribution in [2.75, 3.05) is 12.9 Å². The predicted octanol–water partition coefficient (Wildman–Crippen LogP) is 4.24. The first kappa shape index (κ1) is 20.1. The highest BCUT2D eigenvalue weighted by molar-refractivity contribution is 8.03. The molecule has 0 saturated carbocycles. The van der Waals surface area contributed by atoms with Crippen molar-refractivity contribution >= 4 is 40.8 Å². The molecule has 1 amide bonds. The first-order valence-corrected chi connectivity index (χ1v) is 10.8. The van der Waals surface area contributed by atoms with Crippen LogP contribution in [-0.4, -0.2) is 34.2 Å². The van der Waals surface area contributed by atoms with Crippen molar-refractivity contribution in [3.63, 3.8) is 0 Å². The molecule has 1 atom stereocenters. The fourth-order valence-electron chi connectivity index (χ4n) is 1.99. The Labute approximate surface area is 161 Å². The number of nitrogens with one attached hydrogen (secondary N) is 1. The summed E-state index contributed by atoms with van der Waals surface area (Å²) < 4.78 is 7.10. The van der Waals surface area contributed by atoms with Crippen molar-refractivity contribution < 1.29 is 9.53 Å². The Balaban J connectivity index is 1.82. The molecule has 0 spiro atoms. The Bertz CT molecular complexity index is 679. The first-order valence-electron chi connectivity index (χ1n) is 8.16. The molecule has 1 N–H and O–H groups in total. The Morgan fingerprint density at radius 3 is 2.84 bits per heavy atom. The van der Waals surface area contributed by atoms with E-state index in [1.54, 1.807) is 30.2 Å². The molecule has 0 aliphatic carbocycles. The highest BCUT2D eigenvalue weighted by Gasteiger charge is 2.17. The monoisotopic (exact) mass is 397 g/mol. The van der Waals surface area contributed by atoms with Gasteiger partial charge in [0.1, 0.15) is 5.75 Å². The number of hydrogen-bond acceptors (Lipinski definition) is 7. The molecule has 2 rings (SSSR count). The Morgan fingerprint density at radius 2 is 2.08 bits per heavy atom. The Morgan fingerprint density at radius 1 is 1.32 bits per heavy atom. The number of thioether (sulfide) groups is 2. The second-order valence-electron chi connectivity index (χ2n) is 5.33. The fourth-order valence-corrected chi connectivity index (χ4v) is 5.33. The maximum Gasteiger partial charge on any atom is 0.233 e. The number of methoxy groups -OCH3 is 1. The van der Waals surface area contributed by atoms with Crippen molar-refractivity contribution in [3.05, 3.63) is 29.8 Å². The predicted molar refractivity (Wildman–Crippen MR) is 106 cm³/mol. The third-order valence-electron chi connectivity index (χ3n) is 3.40. The van der Waals surface area contributed by atoms with Gasteiger partial charge in [0.2, 0.25) is 5.91 Å². The maximum absolute atomic E-state index is 12.3. The smallest absolute Gasteiger partial charge is 0.233 e. The lowest BCUT2D eigenvalue weighted by Gasteiger charge is -2.12. The largest absolute Gasteiger partial charge is 0.496 e. The van der Waals surface area contributed by atoms with Crippen LogP contribution in [0.15, 0.2) is 32.9 Å². The van der Waals surface area contributed by atoms with Crippen LogP contribution in [0.3, 0.4) is 0 Å². The minimum absolute atomic E-state index is 0.0220. The van der Waals surface area contributed by atoms with Crippen molar-refractivity contribution in [1.29, 1.82) is 0 Å². The average Bonchev–Trinajstić information content (AvgIpc) is 3.07. The van der Waals surface area contributed by atoms with Crippen LogP contribution >= 0.6 is 34.9 Å². The quantitative estimate of drug-likeness (QED) is 0.478. The van der Waals surface area contributed by atoms with Gasteiger partial charge in [-0.15, -0.1) is 10.2 Å². The Hall–Kier alpha value is -1.25. The Kier molecular flexibility index (Phi) is 8.57. The summed E-state index contributed by atoms with van der Waals surface area (Å²) in [4.78, 5) is 12.3. The molecule has 0 aliphatic heterocycles. The van der Waals surface area contributed by atoms with Gasteiger partial charge in [-0.1, -0.05) is 66.4 Å². The molecule has 136 valence electrons. The SMILES string of the molecule is CCCCSc1nnc(SC(C)C(=O)NCc2ccccc2OC)s1. The van der Waals surface area contributed by atoms with Gasteiger partial charge < -0.3 is 10.1 Å². The van der Waals surface area contributed by atoms with E-state index in [0.717, 1.165) is 25.7 Å². The number of benzene rings is 1. The molecule has 0 bridgehead atoms. The van der Waals surface area contributed by atoms with Crippen LogP contribution in [0.4, 0.5) is 0 Å². The summed E-state index contributed by atoms with van der Waals surface area (Å²) in [6, 6.07) is 7.68. The normalized spacial score (nSPS) is 12.0. The molecule has 1 aromatic carbocycles. The van der Waals surface area contributed by atoms with Crippen LogP contribution in [0.2, 0.25) is 0 Å². The van der Waals surface area contributed by atoms with E-state index in [9.17, 15) is 4.79 Å². The number of amides is 1. The highest BCUT2D eigenvalue weighted by atomic mass is 32.2. The molecule has 1 heterocycles. The number of hydrogen-bond donors (Lipinski definition) is 1. The van der Waals surface area contributed by atoms with Crippen LogP contribution in [0.1, 0.15) is 32.3 Å². The lowest BCUT2D eigenvalue weighted by atomic mass is 10.2. The summed E-state index contributed by atoms with van der Waals surface area (Å²) in [6.45, 7) is 4.50. The van der Waals surface area contributed by atoms with Gasteiger partial charge in [0.15, 0.2) is 8.68 Å². The zero-order valence-corrected chi connectivity index (χ0v) is 17.1. The van der Waals surface area contributed by atoms with Gasteiger partial charge in [-0.05, 0) is 19.4 Å². The average molecular weight is 398 g/mol. The van der Waals surface area contributed by atoms with Gasteiger partial charge in [0.25, 0.3) is 0 Å². The number of rotatable bonds is 10.